The van der Waals surface area contributed by atoms with Crippen LogP contribution in [0.5, 0.6) is 0 Å². The molecule has 1 aromatic carbocycles. The second-order valence-corrected chi connectivity index (χ2v) is 5.06. The van der Waals surface area contributed by atoms with Gasteiger partial charge in [-0.1, -0.05) is 6.07 Å². The van der Waals surface area contributed by atoms with Crippen molar-refractivity contribution < 1.29 is 13.6 Å². The van der Waals surface area contributed by atoms with E-state index in [4.69, 9.17) is 0 Å². The van der Waals surface area contributed by atoms with E-state index in [0.717, 1.165) is 17.7 Å². The molecule has 2 aromatic heterocycles. The maximum atomic E-state index is 13.6. The summed E-state index contributed by atoms with van der Waals surface area (Å²) in [6.07, 6.45) is 5.81. The molecule has 8 heteroatoms. The van der Waals surface area contributed by atoms with Crippen molar-refractivity contribution >= 4 is 17.5 Å². The van der Waals surface area contributed by atoms with E-state index < -0.39 is 11.6 Å². The summed E-state index contributed by atoms with van der Waals surface area (Å²) in [6.45, 7) is 0.335. The van der Waals surface area contributed by atoms with E-state index >= 15 is 0 Å². The predicted molar refractivity (Wildman–Crippen MR) is 87.1 cm³/mol. The minimum absolute atomic E-state index is 0.0188. The first-order valence-corrected chi connectivity index (χ1v) is 7.33. The van der Waals surface area contributed by atoms with Crippen LogP contribution in [-0.4, -0.2) is 20.9 Å². The zero-order valence-electron chi connectivity index (χ0n) is 12.9. The Kier molecular flexibility index (Phi) is 4.89. The molecule has 0 fully saturated rings. The fourth-order valence-electron chi connectivity index (χ4n) is 2.02. The number of hydrogen-bond acceptors (Lipinski definition) is 5. The first-order valence-electron chi connectivity index (χ1n) is 7.33. The molecular weight excluding hydrogens is 328 g/mol. The van der Waals surface area contributed by atoms with Gasteiger partial charge in [-0.25, -0.2) is 18.7 Å². The molecule has 0 aliphatic heterocycles. The molecule has 0 aliphatic rings. The summed E-state index contributed by atoms with van der Waals surface area (Å²) in [5, 5.41) is 5.17. The van der Waals surface area contributed by atoms with Gasteiger partial charge in [-0.05, 0) is 29.8 Å². The van der Waals surface area contributed by atoms with Crippen LogP contribution in [-0.2, 0) is 6.54 Å². The number of anilines is 2. The molecule has 0 spiro atoms. The number of benzene rings is 1. The van der Waals surface area contributed by atoms with Gasteiger partial charge in [0, 0.05) is 31.3 Å². The van der Waals surface area contributed by atoms with Gasteiger partial charge in [0.1, 0.15) is 17.3 Å². The maximum Gasteiger partial charge on any atom is 0.254 e. The van der Waals surface area contributed by atoms with Crippen molar-refractivity contribution in [1.82, 2.24) is 20.3 Å². The Morgan fingerprint density at radius 3 is 2.28 bits per heavy atom. The van der Waals surface area contributed by atoms with E-state index in [-0.39, 0.29) is 23.1 Å². The van der Waals surface area contributed by atoms with Gasteiger partial charge < -0.3 is 10.6 Å². The quantitative estimate of drug-likeness (QED) is 0.746. The Morgan fingerprint density at radius 2 is 1.64 bits per heavy atom. The Balaban J connectivity index is 1.64. The molecule has 2 heterocycles. The molecule has 126 valence electrons. The van der Waals surface area contributed by atoms with E-state index in [0.29, 0.717) is 6.54 Å². The second-order valence-electron chi connectivity index (χ2n) is 5.06. The van der Waals surface area contributed by atoms with E-state index in [1.165, 1.54) is 18.5 Å². The lowest BCUT2D eigenvalue weighted by molar-refractivity contribution is 0.0950. The average Bonchev–Trinajstić information content (AvgIpc) is 2.64. The van der Waals surface area contributed by atoms with Crippen LogP contribution < -0.4 is 10.6 Å². The van der Waals surface area contributed by atoms with Crippen LogP contribution in [0.2, 0.25) is 0 Å². The number of aromatic nitrogens is 3. The van der Waals surface area contributed by atoms with Gasteiger partial charge in [-0.3, -0.25) is 9.78 Å². The molecule has 0 unspecified atom stereocenters. The number of para-hydroxylation sites is 1. The molecule has 0 saturated carbocycles. The van der Waals surface area contributed by atoms with Gasteiger partial charge in [0.05, 0.1) is 5.56 Å². The first-order chi connectivity index (χ1) is 12.1. The van der Waals surface area contributed by atoms with Crippen LogP contribution in [0.4, 0.5) is 20.4 Å². The fraction of sp³-hybridized carbons (Fsp3) is 0.0588. The van der Waals surface area contributed by atoms with Gasteiger partial charge in [-0.15, -0.1) is 0 Å². The molecular formula is C17H13F2N5O. The molecule has 3 aromatic rings. The van der Waals surface area contributed by atoms with E-state index in [1.807, 2.05) is 0 Å². The Labute approximate surface area is 142 Å². The number of nitrogens with one attached hydrogen (secondary N) is 2. The van der Waals surface area contributed by atoms with Crippen molar-refractivity contribution in [3.8, 4) is 0 Å². The minimum Gasteiger partial charge on any atom is -0.348 e. The topological polar surface area (TPSA) is 79.8 Å². The van der Waals surface area contributed by atoms with Crippen LogP contribution in [0.1, 0.15) is 15.9 Å². The van der Waals surface area contributed by atoms with Crippen LogP contribution in [0.25, 0.3) is 0 Å². The second kappa shape index (κ2) is 7.43. The first kappa shape index (κ1) is 16.4. The van der Waals surface area contributed by atoms with Crippen molar-refractivity contribution in [3.63, 3.8) is 0 Å². The molecule has 1 amide bonds. The summed E-state index contributed by atoms with van der Waals surface area (Å²) >= 11 is 0. The third-order valence-electron chi connectivity index (χ3n) is 3.32. The number of rotatable bonds is 5. The van der Waals surface area contributed by atoms with Crippen LogP contribution >= 0.6 is 0 Å². The zero-order valence-corrected chi connectivity index (χ0v) is 12.9. The number of nitrogens with zero attached hydrogens (tertiary/aromatic N) is 3. The number of carbonyl (C=O) groups excluding carboxylic acids is 1. The zero-order chi connectivity index (χ0) is 17.6. The standard InChI is InChI=1S/C17H13F2N5O/c18-13-2-1-3-14(19)15(13)24-17-22-9-12(10-23-17)16(25)21-8-11-4-6-20-7-5-11/h1-7,9-10H,8H2,(H,21,25)(H,22,23,24). The molecule has 0 bridgehead atoms. The average molecular weight is 341 g/mol. The van der Waals surface area contributed by atoms with E-state index in [9.17, 15) is 13.6 Å². The van der Waals surface area contributed by atoms with Gasteiger partial charge >= 0.3 is 0 Å². The van der Waals surface area contributed by atoms with Crippen LogP contribution in [0, 0.1) is 11.6 Å². The Bertz CT molecular complexity index is 852. The number of amides is 1. The van der Waals surface area contributed by atoms with Crippen molar-refractivity contribution in [2.24, 2.45) is 0 Å². The molecule has 6 nitrogen and oxygen atoms in total. The highest BCUT2D eigenvalue weighted by atomic mass is 19.1. The third-order valence-corrected chi connectivity index (χ3v) is 3.32. The lowest BCUT2D eigenvalue weighted by atomic mass is 10.2. The normalized spacial score (nSPS) is 10.3. The lowest BCUT2D eigenvalue weighted by Crippen LogP contribution is -2.23. The van der Waals surface area contributed by atoms with Gasteiger partial charge in [0.15, 0.2) is 0 Å². The Morgan fingerprint density at radius 1 is 1.00 bits per heavy atom. The maximum absolute atomic E-state index is 13.6. The smallest absolute Gasteiger partial charge is 0.254 e. The molecule has 0 radical (unpaired) electrons. The molecule has 0 saturated heterocycles. The van der Waals surface area contributed by atoms with E-state index in [1.54, 1.807) is 24.5 Å². The van der Waals surface area contributed by atoms with Crippen LogP contribution in [0.15, 0.2) is 55.1 Å². The predicted octanol–water partition coefficient (Wildman–Crippen LogP) is 2.82. The number of carbonyl (C=O) groups is 1. The fourth-order valence-corrected chi connectivity index (χ4v) is 2.02. The summed E-state index contributed by atoms with van der Waals surface area (Å²) in [4.78, 5) is 23.8. The summed E-state index contributed by atoms with van der Waals surface area (Å²) in [5.41, 5.74) is 0.781. The SMILES string of the molecule is O=C(NCc1ccncc1)c1cnc(Nc2c(F)cccc2F)nc1. The molecule has 25 heavy (non-hydrogen) atoms. The number of hydrogen-bond donors (Lipinski definition) is 2. The summed E-state index contributed by atoms with van der Waals surface area (Å²) in [6, 6.07) is 7.06. The molecule has 2 N–H and O–H groups in total. The van der Waals surface area contributed by atoms with Crippen molar-refractivity contribution in [2.75, 3.05) is 5.32 Å². The van der Waals surface area contributed by atoms with Gasteiger partial charge in [0.2, 0.25) is 5.95 Å². The molecule has 3 rings (SSSR count). The van der Waals surface area contributed by atoms with Gasteiger partial charge in [-0.2, -0.15) is 0 Å². The summed E-state index contributed by atoms with van der Waals surface area (Å²) < 4.78 is 27.2. The molecule has 0 aliphatic carbocycles. The highest BCUT2D eigenvalue weighted by Gasteiger charge is 2.11. The summed E-state index contributed by atoms with van der Waals surface area (Å²) in [7, 11) is 0. The van der Waals surface area contributed by atoms with Gasteiger partial charge in [0.25, 0.3) is 5.91 Å². The Hall–Kier alpha value is -3.42. The van der Waals surface area contributed by atoms with Crippen molar-refractivity contribution in [1.29, 1.82) is 0 Å². The highest BCUT2D eigenvalue weighted by Crippen LogP contribution is 2.20. The lowest BCUT2D eigenvalue weighted by Gasteiger charge is -2.08. The number of pyridine rings is 1. The molecule has 0 atom stereocenters. The summed E-state index contributed by atoms with van der Waals surface area (Å²) in [5.74, 6) is -1.90. The third kappa shape index (κ3) is 4.11. The van der Waals surface area contributed by atoms with Crippen molar-refractivity contribution in [2.45, 2.75) is 6.54 Å². The monoisotopic (exact) mass is 341 g/mol. The van der Waals surface area contributed by atoms with Crippen LogP contribution in [0.3, 0.4) is 0 Å². The van der Waals surface area contributed by atoms with E-state index in [2.05, 4.69) is 25.6 Å². The highest BCUT2D eigenvalue weighted by molar-refractivity contribution is 5.93. The number of halogens is 2. The largest absolute Gasteiger partial charge is 0.348 e. The minimum atomic E-state index is -0.761. The van der Waals surface area contributed by atoms with Crippen molar-refractivity contribution in [3.05, 3.63) is 77.9 Å².